The minimum Gasteiger partial charge on any atom is -0.299 e. The first kappa shape index (κ1) is 7.81. The summed E-state index contributed by atoms with van der Waals surface area (Å²) in [6.07, 6.45) is 1.68. The maximum Gasteiger partial charge on any atom is 0.140 e. The third-order valence-electron chi connectivity index (χ3n) is 2.35. The molecule has 1 aromatic carbocycles. The Bertz CT molecular complexity index is 319. The highest BCUT2D eigenvalue weighted by atomic mass is 35.5. The maximum atomic E-state index is 11.1. The third kappa shape index (κ3) is 1.14. The van der Waals surface area contributed by atoms with Crippen molar-refractivity contribution < 1.29 is 4.79 Å². The number of rotatable bonds is 1. The lowest BCUT2D eigenvalue weighted by Crippen LogP contribution is -2.23. The molecule has 2 rings (SSSR count). The Morgan fingerprint density at radius 1 is 1.33 bits per heavy atom. The molecule has 0 N–H and O–H groups in total. The van der Waals surface area contributed by atoms with Crippen molar-refractivity contribution in [3.8, 4) is 0 Å². The molecule has 0 spiro atoms. The molecular weight excluding hydrogens is 172 g/mol. The number of Topliss-reactive ketones (excluding diaryl/α,β-unsaturated/α-hetero) is 1. The van der Waals surface area contributed by atoms with Crippen molar-refractivity contribution in [1.82, 2.24) is 0 Å². The largest absolute Gasteiger partial charge is 0.299 e. The van der Waals surface area contributed by atoms with E-state index >= 15 is 0 Å². The summed E-state index contributed by atoms with van der Waals surface area (Å²) in [4.78, 5) is 11.1. The number of benzene rings is 1. The summed E-state index contributed by atoms with van der Waals surface area (Å²) in [5.74, 6) is 0.404. The molecule has 1 fully saturated rings. The van der Waals surface area contributed by atoms with E-state index in [-0.39, 0.29) is 5.92 Å². The van der Waals surface area contributed by atoms with Crippen LogP contribution in [0.4, 0.5) is 0 Å². The zero-order chi connectivity index (χ0) is 8.55. The number of halogens is 1. The van der Waals surface area contributed by atoms with Gasteiger partial charge in [0, 0.05) is 17.4 Å². The van der Waals surface area contributed by atoms with Gasteiger partial charge >= 0.3 is 0 Å². The van der Waals surface area contributed by atoms with Crippen LogP contribution in [-0.2, 0) is 4.79 Å². The third-order valence-corrected chi connectivity index (χ3v) is 2.69. The molecule has 0 aromatic heterocycles. The lowest BCUT2D eigenvalue weighted by atomic mass is 9.79. The highest BCUT2D eigenvalue weighted by Crippen LogP contribution is 2.36. The summed E-state index contributed by atoms with van der Waals surface area (Å²) < 4.78 is 0. The number of carbonyl (C=O) groups excluding carboxylic acids is 1. The summed E-state index contributed by atoms with van der Waals surface area (Å²) in [6, 6.07) is 7.58. The molecule has 1 aromatic rings. The summed E-state index contributed by atoms with van der Waals surface area (Å²) in [7, 11) is 0. The predicted molar refractivity (Wildman–Crippen MR) is 48.4 cm³/mol. The van der Waals surface area contributed by atoms with Crippen molar-refractivity contribution >= 4 is 17.4 Å². The highest BCUT2D eigenvalue weighted by Gasteiger charge is 2.30. The zero-order valence-electron chi connectivity index (χ0n) is 6.59. The summed E-state index contributed by atoms with van der Waals surface area (Å²) in [6.45, 7) is 0. The van der Waals surface area contributed by atoms with Crippen LogP contribution in [0.5, 0.6) is 0 Å². The normalized spacial score (nSPS) is 22.1. The van der Waals surface area contributed by atoms with Crippen LogP contribution in [-0.4, -0.2) is 5.78 Å². The van der Waals surface area contributed by atoms with Gasteiger partial charge in [0.2, 0.25) is 0 Å². The Morgan fingerprint density at radius 2 is 2.08 bits per heavy atom. The molecule has 0 unspecified atom stereocenters. The second-order valence-corrected chi connectivity index (χ2v) is 3.49. The highest BCUT2D eigenvalue weighted by molar-refractivity contribution is 6.31. The van der Waals surface area contributed by atoms with Crippen molar-refractivity contribution in [2.75, 3.05) is 0 Å². The molecular formula is C10H9ClO. The van der Waals surface area contributed by atoms with Crippen LogP contribution in [0.15, 0.2) is 24.3 Å². The molecule has 2 heteroatoms. The molecule has 0 aliphatic heterocycles. The SMILES string of the molecule is O=C1CC[C@H]1c1ccccc1Cl. The van der Waals surface area contributed by atoms with E-state index in [1.165, 1.54) is 0 Å². The van der Waals surface area contributed by atoms with Gasteiger partial charge in [0.15, 0.2) is 0 Å². The van der Waals surface area contributed by atoms with Crippen LogP contribution < -0.4 is 0 Å². The van der Waals surface area contributed by atoms with Gasteiger partial charge < -0.3 is 0 Å². The van der Waals surface area contributed by atoms with Gasteiger partial charge in [0.25, 0.3) is 0 Å². The molecule has 62 valence electrons. The molecule has 1 aliphatic carbocycles. The second kappa shape index (κ2) is 2.91. The lowest BCUT2D eigenvalue weighted by Gasteiger charge is -2.24. The smallest absolute Gasteiger partial charge is 0.140 e. The van der Waals surface area contributed by atoms with Crippen LogP contribution in [0, 0.1) is 0 Å². The zero-order valence-corrected chi connectivity index (χ0v) is 7.34. The van der Waals surface area contributed by atoms with Crippen molar-refractivity contribution in [1.29, 1.82) is 0 Å². The Labute approximate surface area is 76.4 Å². The molecule has 0 saturated heterocycles. The topological polar surface area (TPSA) is 17.1 Å². The molecule has 0 heterocycles. The van der Waals surface area contributed by atoms with Crippen LogP contribution in [0.1, 0.15) is 24.3 Å². The van der Waals surface area contributed by atoms with Crippen molar-refractivity contribution in [3.63, 3.8) is 0 Å². The van der Waals surface area contributed by atoms with Gasteiger partial charge in [-0.15, -0.1) is 0 Å². The first-order valence-electron chi connectivity index (χ1n) is 4.06. The summed E-state index contributed by atoms with van der Waals surface area (Å²) in [5.41, 5.74) is 0.996. The number of ketones is 1. The Hall–Kier alpha value is -0.820. The van der Waals surface area contributed by atoms with Gasteiger partial charge in [-0.3, -0.25) is 4.79 Å². The number of carbonyl (C=O) groups is 1. The van der Waals surface area contributed by atoms with E-state index in [1.807, 2.05) is 24.3 Å². The summed E-state index contributed by atoms with van der Waals surface area (Å²) >= 11 is 5.94. The van der Waals surface area contributed by atoms with Crippen LogP contribution in [0.25, 0.3) is 0 Å². The first-order valence-corrected chi connectivity index (χ1v) is 4.44. The fourth-order valence-corrected chi connectivity index (χ4v) is 1.76. The Morgan fingerprint density at radius 3 is 2.58 bits per heavy atom. The van der Waals surface area contributed by atoms with E-state index in [4.69, 9.17) is 11.6 Å². The monoisotopic (exact) mass is 180 g/mol. The predicted octanol–water partition coefficient (Wildman–Crippen LogP) is 2.79. The van der Waals surface area contributed by atoms with Crippen molar-refractivity contribution in [2.45, 2.75) is 18.8 Å². The fourth-order valence-electron chi connectivity index (χ4n) is 1.49. The second-order valence-electron chi connectivity index (χ2n) is 3.08. The molecule has 12 heavy (non-hydrogen) atoms. The van der Waals surface area contributed by atoms with Gasteiger partial charge in [-0.25, -0.2) is 0 Å². The first-order chi connectivity index (χ1) is 5.79. The standard InChI is InChI=1S/C10H9ClO/c11-9-4-2-1-3-7(9)8-5-6-10(8)12/h1-4,8H,5-6H2/t8-/m0/s1. The van der Waals surface area contributed by atoms with Crippen LogP contribution in [0.3, 0.4) is 0 Å². The van der Waals surface area contributed by atoms with E-state index < -0.39 is 0 Å². The molecule has 1 saturated carbocycles. The van der Waals surface area contributed by atoms with Crippen LogP contribution in [0.2, 0.25) is 5.02 Å². The summed E-state index contributed by atoms with van der Waals surface area (Å²) in [5, 5.41) is 0.718. The van der Waals surface area contributed by atoms with E-state index in [2.05, 4.69) is 0 Å². The molecule has 1 nitrogen and oxygen atoms in total. The van der Waals surface area contributed by atoms with Crippen molar-refractivity contribution in [3.05, 3.63) is 34.9 Å². The van der Waals surface area contributed by atoms with Crippen molar-refractivity contribution in [2.24, 2.45) is 0 Å². The molecule has 0 bridgehead atoms. The fraction of sp³-hybridized carbons (Fsp3) is 0.300. The maximum absolute atomic E-state index is 11.1. The van der Waals surface area contributed by atoms with Gasteiger partial charge in [0.05, 0.1) is 0 Å². The number of hydrogen-bond acceptors (Lipinski definition) is 1. The minimum absolute atomic E-state index is 0.0821. The molecule has 0 amide bonds. The van der Waals surface area contributed by atoms with Gasteiger partial charge in [0.1, 0.15) is 5.78 Å². The molecule has 1 aliphatic rings. The van der Waals surface area contributed by atoms with Gasteiger partial charge in [-0.1, -0.05) is 29.8 Å². The van der Waals surface area contributed by atoms with E-state index in [0.717, 1.165) is 23.4 Å². The van der Waals surface area contributed by atoms with E-state index in [0.29, 0.717) is 5.78 Å². The average molecular weight is 181 g/mol. The number of hydrogen-bond donors (Lipinski definition) is 0. The Kier molecular flexibility index (Phi) is 1.89. The van der Waals surface area contributed by atoms with E-state index in [1.54, 1.807) is 0 Å². The molecule has 0 radical (unpaired) electrons. The van der Waals surface area contributed by atoms with Crippen LogP contribution >= 0.6 is 11.6 Å². The lowest BCUT2D eigenvalue weighted by molar-refractivity contribution is -0.125. The van der Waals surface area contributed by atoms with E-state index in [9.17, 15) is 4.79 Å². The van der Waals surface area contributed by atoms with Gasteiger partial charge in [-0.2, -0.15) is 0 Å². The van der Waals surface area contributed by atoms with Gasteiger partial charge in [-0.05, 0) is 18.1 Å². The molecule has 1 atom stereocenters. The Balaban J connectivity index is 2.33. The minimum atomic E-state index is 0.0821. The average Bonchev–Trinajstić information content (AvgIpc) is 2.06. The quantitative estimate of drug-likeness (QED) is 0.650.